The van der Waals surface area contributed by atoms with Crippen molar-refractivity contribution < 1.29 is 5.11 Å². The zero-order chi connectivity index (χ0) is 8.84. The number of azo groups is 1. The number of hydrogen-bond acceptors (Lipinski definition) is 4. The summed E-state index contributed by atoms with van der Waals surface area (Å²) in [5, 5.41) is 20.5. The number of aliphatic hydroxyl groups is 1. The lowest BCUT2D eigenvalue weighted by Crippen LogP contribution is -2.43. The van der Waals surface area contributed by atoms with E-state index < -0.39 is 6.23 Å². The number of fused-ring (bicyclic) bond motifs is 3. The van der Waals surface area contributed by atoms with Gasteiger partial charge in [0.05, 0.1) is 0 Å². The van der Waals surface area contributed by atoms with Crippen LogP contribution >= 0.6 is 0 Å². The molecule has 0 saturated heterocycles. The number of para-hydroxylation sites is 1. The van der Waals surface area contributed by atoms with Crippen LogP contribution in [0, 0.1) is 0 Å². The van der Waals surface area contributed by atoms with E-state index in [1.807, 2.05) is 24.3 Å². The van der Waals surface area contributed by atoms with E-state index >= 15 is 0 Å². The van der Waals surface area contributed by atoms with Gasteiger partial charge in [-0.15, -0.1) is 0 Å². The highest BCUT2D eigenvalue weighted by Crippen LogP contribution is 2.41. The highest BCUT2D eigenvalue weighted by molar-refractivity contribution is 5.56. The molecule has 3 unspecified atom stereocenters. The Kier molecular flexibility index (Phi) is 1.24. The molecule has 0 aliphatic carbocycles. The van der Waals surface area contributed by atoms with E-state index in [-0.39, 0.29) is 12.1 Å². The summed E-state index contributed by atoms with van der Waals surface area (Å²) >= 11 is 0. The number of aliphatic hydroxyl groups excluding tert-OH is 1. The van der Waals surface area contributed by atoms with E-state index in [0.29, 0.717) is 0 Å². The van der Waals surface area contributed by atoms with Gasteiger partial charge in [0.2, 0.25) is 0 Å². The smallest absolute Gasteiger partial charge is 0.151 e. The molecule has 1 aromatic rings. The minimum atomic E-state index is -0.586. The van der Waals surface area contributed by atoms with Crippen LogP contribution in [0.1, 0.15) is 11.6 Å². The largest absolute Gasteiger partial charge is 0.371 e. The van der Waals surface area contributed by atoms with Crippen molar-refractivity contribution in [2.45, 2.75) is 18.3 Å². The van der Waals surface area contributed by atoms with Crippen LogP contribution in [0.2, 0.25) is 0 Å². The van der Waals surface area contributed by atoms with Crippen molar-refractivity contribution in [3.8, 4) is 0 Å². The molecule has 4 heteroatoms. The second-order valence-electron chi connectivity index (χ2n) is 3.34. The number of hydrogen-bond donors (Lipinski definition) is 2. The summed E-state index contributed by atoms with van der Waals surface area (Å²) in [6.45, 7) is 0. The van der Waals surface area contributed by atoms with Crippen molar-refractivity contribution in [3.05, 3.63) is 29.8 Å². The second kappa shape index (κ2) is 2.29. The monoisotopic (exact) mass is 175 g/mol. The fraction of sp³-hybridized carbons (Fsp3) is 0.333. The molecule has 0 fully saturated rings. The van der Waals surface area contributed by atoms with Crippen LogP contribution in [0.4, 0.5) is 5.69 Å². The quantitative estimate of drug-likeness (QED) is 0.624. The third kappa shape index (κ3) is 0.833. The molecule has 66 valence electrons. The standard InChI is InChI=1S/C9H9N3O/c13-9-8-7(11-12-8)5-3-1-2-4-6(5)10-9/h1-4,7-10,13H. The van der Waals surface area contributed by atoms with E-state index in [9.17, 15) is 5.11 Å². The van der Waals surface area contributed by atoms with Gasteiger partial charge in [-0.25, -0.2) is 0 Å². The summed E-state index contributed by atoms with van der Waals surface area (Å²) in [7, 11) is 0. The van der Waals surface area contributed by atoms with Crippen LogP contribution in [0.5, 0.6) is 0 Å². The SMILES string of the molecule is OC1Nc2ccccc2C2N=NC12. The molecule has 2 heterocycles. The normalized spacial score (nSPS) is 34.1. The Bertz CT molecular complexity index is 377. The second-order valence-corrected chi connectivity index (χ2v) is 3.34. The van der Waals surface area contributed by atoms with Gasteiger partial charge in [-0.2, -0.15) is 10.2 Å². The Morgan fingerprint density at radius 1 is 1.23 bits per heavy atom. The summed E-state index contributed by atoms with van der Waals surface area (Å²) in [5.74, 6) is 0. The Morgan fingerprint density at radius 3 is 2.85 bits per heavy atom. The number of benzene rings is 1. The first-order valence-electron chi connectivity index (χ1n) is 4.30. The van der Waals surface area contributed by atoms with Gasteiger partial charge in [-0.1, -0.05) is 18.2 Å². The summed E-state index contributed by atoms with van der Waals surface area (Å²) < 4.78 is 0. The lowest BCUT2D eigenvalue weighted by atomic mass is 9.92. The maximum Gasteiger partial charge on any atom is 0.151 e. The molecule has 3 atom stereocenters. The molecule has 0 spiro atoms. The molecule has 2 aliphatic heterocycles. The Balaban J connectivity index is 2.12. The molecule has 0 bridgehead atoms. The predicted molar refractivity (Wildman–Crippen MR) is 47.5 cm³/mol. The molecule has 2 aliphatic rings. The van der Waals surface area contributed by atoms with Crippen LogP contribution in [0.15, 0.2) is 34.5 Å². The average Bonchev–Trinajstić information content (AvgIpc) is 2.04. The van der Waals surface area contributed by atoms with Crippen LogP contribution in [0.25, 0.3) is 0 Å². The van der Waals surface area contributed by atoms with Gasteiger partial charge < -0.3 is 10.4 Å². The third-order valence-corrected chi connectivity index (χ3v) is 2.55. The molecule has 0 saturated carbocycles. The van der Waals surface area contributed by atoms with Gasteiger partial charge in [0.25, 0.3) is 0 Å². The summed E-state index contributed by atoms with van der Waals surface area (Å²) in [6.07, 6.45) is -0.586. The highest BCUT2D eigenvalue weighted by atomic mass is 16.3. The Hall–Kier alpha value is -1.42. The maximum atomic E-state index is 9.58. The molecule has 4 nitrogen and oxygen atoms in total. The van der Waals surface area contributed by atoms with E-state index in [1.54, 1.807) is 0 Å². The van der Waals surface area contributed by atoms with Crippen LogP contribution in [0.3, 0.4) is 0 Å². The minimum Gasteiger partial charge on any atom is -0.371 e. The van der Waals surface area contributed by atoms with Crippen LogP contribution in [-0.4, -0.2) is 17.4 Å². The van der Waals surface area contributed by atoms with Gasteiger partial charge in [-0.3, -0.25) is 0 Å². The van der Waals surface area contributed by atoms with E-state index in [2.05, 4.69) is 15.5 Å². The fourth-order valence-electron chi connectivity index (χ4n) is 1.82. The molecule has 0 amide bonds. The van der Waals surface area contributed by atoms with E-state index in [0.717, 1.165) is 11.3 Å². The van der Waals surface area contributed by atoms with Crippen molar-refractivity contribution >= 4 is 5.69 Å². The van der Waals surface area contributed by atoms with Crippen molar-refractivity contribution in [1.29, 1.82) is 0 Å². The zero-order valence-electron chi connectivity index (χ0n) is 6.88. The minimum absolute atomic E-state index is 0.0625. The van der Waals surface area contributed by atoms with Crippen molar-refractivity contribution in [3.63, 3.8) is 0 Å². The first-order chi connectivity index (χ1) is 6.36. The van der Waals surface area contributed by atoms with E-state index in [4.69, 9.17) is 0 Å². The number of nitrogens with zero attached hydrogens (tertiary/aromatic N) is 2. The molecule has 13 heavy (non-hydrogen) atoms. The maximum absolute atomic E-state index is 9.58. The fourth-order valence-corrected chi connectivity index (χ4v) is 1.82. The van der Waals surface area contributed by atoms with Gasteiger partial charge in [0.1, 0.15) is 12.1 Å². The molecular weight excluding hydrogens is 166 g/mol. The van der Waals surface area contributed by atoms with Crippen LogP contribution < -0.4 is 5.32 Å². The first kappa shape index (κ1) is 7.03. The molecule has 3 rings (SSSR count). The highest BCUT2D eigenvalue weighted by Gasteiger charge is 2.40. The first-order valence-corrected chi connectivity index (χ1v) is 4.30. The number of rotatable bonds is 0. The molecule has 1 aromatic carbocycles. The molecular formula is C9H9N3O. The molecule has 2 N–H and O–H groups in total. The van der Waals surface area contributed by atoms with Gasteiger partial charge >= 0.3 is 0 Å². The van der Waals surface area contributed by atoms with E-state index in [1.165, 1.54) is 0 Å². The van der Waals surface area contributed by atoms with Gasteiger partial charge in [-0.05, 0) is 6.07 Å². The van der Waals surface area contributed by atoms with Crippen LogP contribution in [-0.2, 0) is 0 Å². The van der Waals surface area contributed by atoms with Crippen molar-refractivity contribution in [2.24, 2.45) is 10.2 Å². The number of nitrogens with one attached hydrogen (secondary N) is 1. The van der Waals surface area contributed by atoms with Gasteiger partial charge in [0.15, 0.2) is 6.23 Å². The third-order valence-electron chi connectivity index (χ3n) is 2.55. The molecule has 0 aromatic heterocycles. The summed E-state index contributed by atoms with van der Waals surface area (Å²) in [5.41, 5.74) is 2.10. The van der Waals surface area contributed by atoms with Crippen molar-refractivity contribution in [1.82, 2.24) is 0 Å². The summed E-state index contributed by atoms with van der Waals surface area (Å²) in [6, 6.07) is 7.85. The number of anilines is 1. The Labute approximate surface area is 75.3 Å². The topological polar surface area (TPSA) is 57.0 Å². The lowest BCUT2D eigenvalue weighted by Gasteiger charge is -2.37. The van der Waals surface area contributed by atoms with Crippen molar-refractivity contribution in [2.75, 3.05) is 5.32 Å². The molecule has 0 radical (unpaired) electrons. The van der Waals surface area contributed by atoms with Gasteiger partial charge in [0, 0.05) is 11.3 Å². The lowest BCUT2D eigenvalue weighted by molar-refractivity contribution is 0.127. The summed E-state index contributed by atoms with van der Waals surface area (Å²) in [4.78, 5) is 0. The predicted octanol–water partition coefficient (Wildman–Crippen LogP) is 1.31. The average molecular weight is 175 g/mol. The zero-order valence-corrected chi connectivity index (χ0v) is 6.88. The Morgan fingerprint density at radius 2 is 2.08 bits per heavy atom.